The molecule has 0 heterocycles. The summed E-state index contributed by atoms with van der Waals surface area (Å²) < 4.78 is 25.0. The molecule has 0 saturated heterocycles. The number of rotatable bonds is 7. The number of nitrogens with zero attached hydrogens (tertiary/aromatic N) is 1. The third kappa shape index (κ3) is 6.48. The Balaban J connectivity index is 4.55. The second kappa shape index (κ2) is 6.60. The normalized spacial score (nSPS) is 15.1. The SMILES string of the molecule is CC(C)CCN(C(C)CC(C)C)S(C)(=O)=O. The average molecular weight is 249 g/mol. The van der Waals surface area contributed by atoms with Crippen LogP contribution in [-0.2, 0) is 10.0 Å². The first kappa shape index (κ1) is 15.9. The Labute approximate surface area is 101 Å². The van der Waals surface area contributed by atoms with Gasteiger partial charge in [0, 0.05) is 12.6 Å². The van der Waals surface area contributed by atoms with Crippen LogP contribution in [0.4, 0.5) is 0 Å². The molecule has 0 spiro atoms. The Kier molecular flexibility index (Phi) is 6.56. The van der Waals surface area contributed by atoms with Crippen molar-refractivity contribution in [2.24, 2.45) is 11.8 Å². The van der Waals surface area contributed by atoms with Gasteiger partial charge in [-0.25, -0.2) is 8.42 Å². The van der Waals surface area contributed by atoms with Crippen molar-refractivity contribution < 1.29 is 8.42 Å². The minimum atomic E-state index is -3.07. The zero-order valence-corrected chi connectivity index (χ0v) is 12.3. The van der Waals surface area contributed by atoms with Gasteiger partial charge in [0.15, 0.2) is 0 Å². The Morgan fingerprint density at radius 3 is 1.81 bits per heavy atom. The quantitative estimate of drug-likeness (QED) is 0.695. The van der Waals surface area contributed by atoms with Crippen LogP contribution in [0.3, 0.4) is 0 Å². The lowest BCUT2D eigenvalue weighted by molar-refractivity contribution is 0.285. The van der Waals surface area contributed by atoms with E-state index < -0.39 is 10.0 Å². The highest BCUT2D eigenvalue weighted by atomic mass is 32.2. The smallest absolute Gasteiger partial charge is 0.211 e. The van der Waals surface area contributed by atoms with Crippen LogP contribution in [0.2, 0.25) is 0 Å². The average Bonchev–Trinajstić information content (AvgIpc) is 1.98. The Morgan fingerprint density at radius 2 is 1.50 bits per heavy atom. The molecule has 3 nitrogen and oxygen atoms in total. The number of hydrogen-bond donors (Lipinski definition) is 0. The van der Waals surface area contributed by atoms with Gasteiger partial charge in [-0.1, -0.05) is 27.7 Å². The standard InChI is InChI=1S/C12H27NO2S/c1-10(2)7-8-13(16(6,14)15)12(5)9-11(3)4/h10-12H,7-9H2,1-6H3. The summed E-state index contributed by atoms with van der Waals surface area (Å²) in [7, 11) is -3.07. The first-order valence-corrected chi connectivity index (χ1v) is 7.96. The molecule has 0 aliphatic carbocycles. The van der Waals surface area contributed by atoms with E-state index in [0.29, 0.717) is 18.4 Å². The first-order chi connectivity index (χ1) is 7.14. The van der Waals surface area contributed by atoms with E-state index in [2.05, 4.69) is 27.7 Å². The van der Waals surface area contributed by atoms with Gasteiger partial charge in [-0.3, -0.25) is 0 Å². The summed E-state index contributed by atoms with van der Waals surface area (Å²) in [6.07, 6.45) is 3.16. The van der Waals surface area contributed by atoms with Crippen LogP contribution in [-0.4, -0.2) is 31.6 Å². The van der Waals surface area contributed by atoms with Crippen LogP contribution in [0.25, 0.3) is 0 Å². The fourth-order valence-electron chi connectivity index (χ4n) is 1.90. The second-order valence-electron chi connectivity index (χ2n) is 5.53. The molecule has 1 atom stereocenters. The molecule has 0 saturated carbocycles. The molecule has 0 aromatic heterocycles. The third-order valence-corrected chi connectivity index (χ3v) is 4.05. The van der Waals surface area contributed by atoms with E-state index in [9.17, 15) is 8.42 Å². The lowest BCUT2D eigenvalue weighted by atomic mass is 10.0. The molecule has 0 amide bonds. The predicted octanol–water partition coefficient (Wildman–Crippen LogP) is 2.73. The molecule has 98 valence electrons. The molecule has 0 aliphatic rings. The molecule has 1 unspecified atom stereocenters. The van der Waals surface area contributed by atoms with Crippen LogP contribution < -0.4 is 0 Å². The van der Waals surface area contributed by atoms with Crippen molar-refractivity contribution in [3.8, 4) is 0 Å². The first-order valence-electron chi connectivity index (χ1n) is 6.11. The van der Waals surface area contributed by atoms with Gasteiger partial charge in [0.2, 0.25) is 10.0 Å². The molecule has 4 heteroatoms. The third-order valence-electron chi connectivity index (χ3n) is 2.66. The molecular weight excluding hydrogens is 222 g/mol. The van der Waals surface area contributed by atoms with Crippen LogP contribution in [0.1, 0.15) is 47.5 Å². The van der Waals surface area contributed by atoms with Gasteiger partial charge in [-0.05, 0) is 31.6 Å². The summed E-state index contributed by atoms with van der Waals surface area (Å²) in [5.74, 6) is 1.06. The van der Waals surface area contributed by atoms with E-state index in [4.69, 9.17) is 0 Å². The second-order valence-corrected chi connectivity index (χ2v) is 7.47. The zero-order chi connectivity index (χ0) is 12.9. The van der Waals surface area contributed by atoms with Gasteiger partial charge in [0.1, 0.15) is 0 Å². The summed E-state index contributed by atoms with van der Waals surface area (Å²) >= 11 is 0. The predicted molar refractivity (Wildman–Crippen MR) is 69.9 cm³/mol. The van der Waals surface area contributed by atoms with Crippen molar-refractivity contribution >= 4 is 10.0 Å². The molecule has 0 rings (SSSR count). The van der Waals surface area contributed by atoms with E-state index in [0.717, 1.165) is 12.8 Å². The Morgan fingerprint density at radius 1 is 1.00 bits per heavy atom. The molecule has 0 aromatic carbocycles. The molecule has 0 radical (unpaired) electrons. The van der Waals surface area contributed by atoms with Gasteiger partial charge in [-0.2, -0.15) is 4.31 Å². The van der Waals surface area contributed by atoms with E-state index in [1.807, 2.05) is 6.92 Å². The summed E-state index contributed by atoms with van der Waals surface area (Å²) in [6.45, 7) is 11.1. The van der Waals surface area contributed by atoms with Crippen LogP contribution in [0.5, 0.6) is 0 Å². The van der Waals surface area contributed by atoms with E-state index in [-0.39, 0.29) is 6.04 Å². The number of sulfonamides is 1. The highest BCUT2D eigenvalue weighted by Crippen LogP contribution is 2.16. The van der Waals surface area contributed by atoms with Gasteiger partial charge >= 0.3 is 0 Å². The van der Waals surface area contributed by atoms with Crippen molar-refractivity contribution in [2.75, 3.05) is 12.8 Å². The van der Waals surface area contributed by atoms with Crippen LogP contribution >= 0.6 is 0 Å². The van der Waals surface area contributed by atoms with Crippen LogP contribution in [0.15, 0.2) is 0 Å². The van der Waals surface area contributed by atoms with Crippen LogP contribution in [0, 0.1) is 11.8 Å². The maximum Gasteiger partial charge on any atom is 0.211 e. The lowest BCUT2D eigenvalue weighted by Gasteiger charge is -2.28. The van der Waals surface area contributed by atoms with Crippen molar-refractivity contribution in [2.45, 2.75) is 53.5 Å². The maximum atomic E-state index is 11.7. The molecule has 0 aromatic rings. The molecule has 0 fully saturated rings. The maximum absolute atomic E-state index is 11.7. The van der Waals surface area contributed by atoms with Gasteiger partial charge in [-0.15, -0.1) is 0 Å². The zero-order valence-electron chi connectivity index (χ0n) is 11.5. The summed E-state index contributed by atoms with van der Waals surface area (Å²) in [4.78, 5) is 0. The summed E-state index contributed by atoms with van der Waals surface area (Å²) in [5, 5.41) is 0. The van der Waals surface area contributed by atoms with Gasteiger partial charge in [0.25, 0.3) is 0 Å². The topological polar surface area (TPSA) is 37.4 Å². The van der Waals surface area contributed by atoms with Crippen molar-refractivity contribution in [3.63, 3.8) is 0 Å². The lowest BCUT2D eigenvalue weighted by Crippen LogP contribution is -2.39. The highest BCUT2D eigenvalue weighted by molar-refractivity contribution is 7.88. The Bertz CT molecular complexity index is 283. The van der Waals surface area contributed by atoms with E-state index >= 15 is 0 Å². The van der Waals surface area contributed by atoms with E-state index in [1.54, 1.807) is 4.31 Å². The molecule has 0 aliphatic heterocycles. The summed E-state index contributed by atoms with van der Waals surface area (Å²) in [6, 6.07) is 0.105. The van der Waals surface area contributed by atoms with E-state index in [1.165, 1.54) is 6.26 Å². The summed E-state index contributed by atoms with van der Waals surface area (Å²) in [5.41, 5.74) is 0. The number of hydrogen-bond acceptors (Lipinski definition) is 2. The molecule has 16 heavy (non-hydrogen) atoms. The molecule has 0 bridgehead atoms. The van der Waals surface area contributed by atoms with Crippen molar-refractivity contribution in [1.29, 1.82) is 0 Å². The monoisotopic (exact) mass is 249 g/mol. The largest absolute Gasteiger partial charge is 0.212 e. The fraction of sp³-hybridized carbons (Fsp3) is 1.00. The minimum Gasteiger partial charge on any atom is -0.212 e. The molecule has 0 N–H and O–H groups in total. The minimum absolute atomic E-state index is 0.105. The van der Waals surface area contributed by atoms with Crippen molar-refractivity contribution in [1.82, 2.24) is 4.31 Å². The molecular formula is C12H27NO2S. The fourth-order valence-corrected chi connectivity index (χ4v) is 3.08. The highest BCUT2D eigenvalue weighted by Gasteiger charge is 2.23. The van der Waals surface area contributed by atoms with Crippen molar-refractivity contribution in [3.05, 3.63) is 0 Å². The Hall–Kier alpha value is -0.0900. The van der Waals surface area contributed by atoms with Gasteiger partial charge in [0.05, 0.1) is 6.26 Å². The van der Waals surface area contributed by atoms with Gasteiger partial charge < -0.3 is 0 Å².